The van der Waals surface area contributed by atoms with E-state index in [1.807, 2.05) is 11.0 Å². The summed E-state index contributed by atoms with van der Waals surface area (Å²) in [5.74, 6) is 0.486. The molecule has 1 fully saturated rings. The molecule has 2 aromatic carbocycles. The number of aromatic nitrogens is 2. The maximum atomic E-state index is 14.4. The van der Waals surface area contributed by atoms with Crippen LogP contribution in [-0.4, -0.2) is 40.3 Å². The molecule has 3 heterocycles. The van der Waals surface area contributed by atoms with Gasteiger partial charge in [-0.25, -0.2) is 8.78 Å². The minimum atomic E-state index is -2.60. The molecular formula is C31H36F2N4O2. The Kier molecular flexibility index (Phi) is 6.91. The summed E-state index contributed by atoms with van der Waals surface area (Å²) in [6, 6.07) is 8.22. The van der Waals surface area contributed by atoms with E-state index in [2.05, 4.69) is 22.1 Å². The van der Waals surface area contributed by atoms with E-state index in [1.165, 1.54) is 11.1 Å². The molecule has 1 aliphatic carbocycles. The van der Waals surface area contributed by atoms with Crippen LogP contribution in [0.2, 0.25) is 0 Å². The second-order valence-corrected chi connectivity index (χ2v) is 11.3. The quantitative estimate of drug-likeness (QED) is 0.368. The van der Waals surface area contributed by atoms with Crippen molar-refractivity contribution >= 4 is 17.3 Å². The highest BCUT2D eigenvalue weighted by atomic mass is 19.3. The predicted octanol–water partition coefficient (Wildman–Crippen LogP) is 6.64. The van der Waals surface area contributed by atoms with Gasteiger partial charge < -0.3 is 14.5 Å². The van der Waals surface area contributed by atoms with E-state index in [0.29, 0.717) is 36.2 Å². The normalized spacial score (nSPS) is 20.9. The molecule has 0 radical (unpaired) electrons. The van der Waals surface area contributed by atoms with Crippen LogP contribution in [0.15, 0.2) is 36.7 Å². The third kappa shape index (κ3) is 4.84. The van der Waals surface area contributed by atoms with Crippen molar-refractivity contribution in [2.24, 2.45) is 7.05 Å². The van der Waals surface area contributed by atoms with Gasteiger partial charge in [-0.1, -0.05) is 6.07 Å². The first kappa shape index (κ1) is 26.0. The van der Waals surface area contributed by atoms with Crippen LogP contribution in [0, 0.1) is 0 Å². The van der Waals surface area contributed by atoms with Crippen LogP contribution in [0.5, 0.6) is 0 Å². The second-order valence-electron chi connectivity index (χ2n) is 11.3. The first-order chi connectivity index (χ1) is 18.8. The molecule has 1 aromatic heterocycles. The fourth-order valence-electron chi connectivity index (χ4n) is 6.74. The molecule has 8 heteroatoms. The van der Waals surface area contributed by atoms with E-state index >= 15 is 0 Å². The molecule has 39 heavy (non-hydrogen) atoms. The van der Waals surface area contributed by atoms with E-state index in [4.69, 9.17) is 4.74 Å². The number of ether oxygens (including phenoxy) is 1. The Labute approximate surface area is 228 Å². The van der Waals surface area contributed by atoms with Crippen molar-refractivity contribution in [1.29, 1.82) is 0 Å². The minimum absolute atomic E-state index is 0.0321. The van der Waals surface area contributed by atoms with Crippen molar-refractivity contribution in [2.45, 2.75) is 77.0 Å². The molecule has 206 valence electrons. The lowest BCUT2D eigenvalue weighted by molar-refractivity contribution is -0.129. The Morgan fingerprint density at radius 2 is 1.85 bits per heavy atom. The summed E-state index contributed by atoms with van der Waals surface area (Å²) < 4.78 is 36.1. The SMILES string of the molecule is COC1CCC(c2cc3c(c(N4CCCc5cc(-c6cnn(C)c6)c(C(F)F)cc54)c2)CN(C(C)=O)C3)CC1. The Morgan fingerprint density at radius 3 is 2.51 bits per heavy atom. The fourth-order valence-corrected chi connectivity index (χ4v) is 6.74. The number of amides is 1. The van der Waals surface area contributed by atoms with Crippen LogP contribution in [0.4, 0.5) is 20.2 Å². The van der Waals surface area contributed by atoms with Crippen LogP contribution >= 0.6 is 0 Å². The van der Waals surface area contributed by atoms with Gasteiger partial charge in [-0.15, -0.1) is 0 Å². The van der Waals surface area contributed by atoms with Crippen molar-refractivity contribution in [3.63, 3.8) is 0 Å². The molecular weight excluding hydrogens is 498 g/mol. The Morgan fingerprint density at radius 1 is 1.05 bits per heavy atom. The van der Waals surface area contributed by atoms with Gasteiger partial charge in [0.1, 0.15) is 0 Å². The molecule has 3 aliphatic rings. The standard InChI is InChI=1S/C31H36F2N4O2/c1-19(38)36-17-23-11-22(20-6-8-25(39-3)9-7-20)13-30(28(23)18-36)37-10-4-5-21-12-26(24-15-34-35(2)16-24)27(31(32)33)14-29(21)37/h11-16,20,25,31H,4-10,17-18H2,1-3H3. The number of rotatable bonds is 5. The number of anilines is 2. The first-order valence-electron chi connectivity index (χ1n) is 14.0. The third-order valence-electron chi connectivity index (χ3n) is 8.89. The highest BCUT2D eigenvalue weighted by Crippen LogP contribution is 2.46. The van der Waals surface area contributed by atoms with Crippen molar-refractivity contribution < 1.29 is 18.3 Å². The summed E-state index contributed by atoms with van der Waals surface area (Å²) in [5, 5.41) is 4.21. The molecule has 0 saturated heterocycles. The average Bonchev–Trinajstić information content (AvgIpc) is 3.58. The first-order valence-corrected chi connectivity index (χ1v) is 14.0. The summed E-state index contributed by atoms with van der Waals surface area (Å²) in [7, 11) is 3.58. The van der Waals surface area contributed by atoms with Crippen molar-refractivity contribution in [2.75, 3.05) is 18.6 Å². The summed E-state index contributed by atoms with van der Waals surface area (Å²) in [5.41, 5.74) is 7.90. The van der Waals surface area contributed by atoms with Gasteiger partial charge in [-0.2, -0.15) is 5.10 Å². The van der Waals surface area contributed by atoms with E-state index in [-0.39, 0.29) is 11.5 Å². The maximum absolute atomic E-state index is 14.4. The number of nitrogens with zero attached hydrogens (tertiary/aromatic N) is 4. The Bertz CT molecular complexity index is 1390. The fraction of sp³-hybridized carbons (Fsp3) is 0.484. The molecule has 1 amide bonds. The third-order valence-corrected chi connectivity index (χ3v) is 8.89. The lowest BCUT2D eigenvalue weighted by Gasteiger charge is -2.35. The summed E-state index contributed by atoms with van der Waals surface area (Å²) in [4.78, 5) is 16.5. The topological polar surface area (TPSA) is 50.6 Å². The predicted molar refractivity (Wildman–Crippen MR) is 147 cm³/mol. The molecule has 2 aliphatic heterocycles. The van der Waals surface area contributed by atoms with Crippen LogP contribution < -0.4 is 4.90 Å². The zero-order valence-corrected chi connectivity index (χ0v) is 22.9. The number of benzene rings is 2. The highest BCUT2D eigenvalue weighted by molar-refractivity contribution is 5.80. The molecule has 3 aromatic rings. The number of carbonyl (C=O) groups is 1. The number of hydrogen-bond donors (Lipinski definition) is 0. The van der Waals surface area contributed by atoms with Crippen LogP contribution in [0.25, 0.3) is 11.1 Å². The average molecular weight is 535 g/mol. The summed E-state index contributed by atoms with van der Waals surface area (Å²) in [6.45, 7) is 3.53. The number of halogens is 2. The molecule has 0 spiro atoms. The molecule has 0 unspecified atom stereocenters. The smallest absolute Gasteiger partial charge is 0.264 e. The van der Waals surface area contributed by atoms with Gasteiger partial charge in [0.25, 0.3) is 6.43 Å². The molecule has 1 saturated carbocycles. The number of fused-ring (bicyclic) bond motifs is 2. The molecule has 6 nitrogen and oxygen atoms in total. The van der Waals surface area contributed by atoms with Gasteiger partial charge >= 0.3 is 0 Å². The number of aryl methyl sites for hydroxylation is 2. The van der Waals surface area contributed by atoms with Crippen LogP contribution in [0.3, 0.4) is 0 Å². The summed E-state index contributed by atoms with van der Waals surface area (Å²) >= 11 is 0. The zero-order chi connectivity index (χ0) is 27.3. The van der Waals surface area contributed by atoms with Gasteiger partial charge in [0, 0.05) is 75.0 Å². The highest BCUT2D eigenvalue weighted by Gasteiger charge is 2.32. The number of alkyl halides is 2. The van der Waals surface area contributed by atoms with Gasteiger partial charge in [0.2, 0.25) is 5.91 Å². The molecule has 0 N–H and O–H groups in total. The summed E-state index contributed by atoms with van der Waals surface area (Å²) in [6.07, 6.45) is 7.13. The number of hydrogen-bond acceptors (Lipinski definition) is 4. The Hall–Kier alpha value is -3.26. The zero-order valence-electron chi connectivity index (χ0n) is 22.9. The maximum Gasteiger partial charge on any atom is 0.264 e. The number of methoxy groups -OCH3 is 1. The van der Waals surface area contributed by atoms with Gasteiger partial charge in [-0.05, 0) is 84.9 Å². The van der Waals surface area contributed by atoms with Crippen molar-refractivity contribution in [3.05, 3.63) is 64.5 Å². The lowest BCUT2D eigenvalue weighted by Crippen LogP contribution is -2.27. The van der Waals surface area contributed by atoms with E-state index in [9.17, 15) is 13.6 Å². The van der Waals surface area contributed by atoms with Gasteiger partial charge in [0.15, 0.2) is 0 Å². The van der Waals surface area contributed by atoms with Crippen LogP contribution in [-0.2, 0) is 36.1 Å². The van der Waals surface area contributed by atoms with Crippen molar-refractivity contribution in [1.82, 2.24) is 14.7 Å². The second kappa shape index (κ2) is 10.4. The van der Waals surface area contributed by atoms with Crippen LogP contribution in [0.1, 0.15) is 79.2 Å². The molecule has 6 rings (SSSR count). The largest absolute Gasteiger partial charge is 0.381 e. The minimum Gasteiger partial charge on any atom is -0.381 e. The van der Waals surface area contributed by atoms with E-state index < -0.39 is 6.43 Å². The van der Waals surface area contributed by atoms with Gasteiger partial charge in [0.05, 0.1) is 12.3 Å². The van der Waals surface area contributed by atoms with Crippen molar-refractivity contribution in [3.8, 4) is 11.1 Å². The van der Waals surface area contributed by atoms with Gasteiger partial charge in [-0.3, -0.25) is 9.48 Å². The monoisotopic (exact) mass is 534 g/mol. The van der Waals surface area contributed by atoms with E-state index in [0.717, 1.165) is 67.6 Å². The Balaban J connectivity index is 1.45. The number of carbonyl (C=O) groups excluding carboxylic acids is 1. The molecule has 0 atom stereocenters. The lowest BCUT2D eigenvalue weighted by atomic mass is 9.81. The molecule has 0 bridgehead atoms. The van der Waals surface area contributed by atoms with E-state index in [1.54, 1.807) is 44.2 Å².